The summed E-state index contributed by atoms with van der Waals surface area (Å²) in [5, 5.41) is 3.31. The number of benzene rings is 1. The van der Waals surface area contributed by atoms with Crippen LogP contribution in [-0.2, 0) is 0 Å². The van der Waals surface area contributed by atoms with Gasteiger partial charge in [0.2, 0.25) is 5.91 Å². The zero-order chi connectivity index (χ0) is 11.3. The van der Waals surface area contributed by atoms with Gasteiger partial charge < -0.3 is 11.1 Å². The number of nitrogens with two attached hydrogens (primary N) is 1. The van der Waals surface area contributed by atoms with Crippen molar-refractivity contribution in [1.29, 1.82) is 0 Å². The van der Waals surface area contributed by atoms with Gasteiger partial charge in [0.25, 0.3) is 0 Å². The summed E-state index contributed by atoms with van der Waals surface area (Å²) < 4.78 is 0. The first-order valence-corrected chi connectivity index (χ1v) is 5.27. The second-order valence-corrected chi connectivity index (χ2v) is 3.84. The van der Waals surface area contributed by atoms with Gasteiger partial charge in [0.05, 0.1) is 0 Å². The molecular weight excluding hydrogens is 188 g/mol. The predicted octanol–water partition coefficient (Wildman–Crippen LogP) is 2.24. The maximum atomic E-state index is 10.8. The second-order valence-electron chi connectivity index (χ2n) is 3.84. The molecule has 0 saturated heterocycles. The van der Waals surface area contributed by atoms with Crippen molar-refractivity contribution in [3.05, 3.63) is 29.8 Å². The van der Waals surface area contributed by atoms with Crippen LogP contribution in [0.5, 0.6) is 0 Å². The molecule has 3 nitrogen and oxygen atoms in total. The van der Waals surface area contributed by atoms with E-state index in [0.717, 1.165) is 18.7 Å². The molecule has 3 heteroatoms. The van der Waals surface area contributed by atoms with Crippen molar-refractivity contribution in [2.45, 2.75) is 20.3 Å². The number of primary amides is 1. The van der Waals surface area contributed by atoms with Gasteiger partial charge >= 0.3 is 0 Å². The molecule has 3 N–H and O–H groups in total. The Morgan fingerprint density at radius 1 is 1.40 bits per heavy atom. The summed E-state index contributed by atoms with van der Waals surface area (Å²) >= 11 is 0. The number of hydrogen-bond acceptors (Lipinski definition) is 2. The Labute approximate surface area is 90.7 Å². The highest BCUT2D eigenvalue weighted by molar-refractivity contribution is 5.93. The minimum atomic E-state index is -0.386. The van der Waals surface area contributed by atoms with Gasteiger partial charge in [-0.3, -0.25) is 4.79 Å². The number of carbonyl (C=O) groups excluding carboxylic acids is 1. The molecule has 0 aromatic heterocycles. The lowest BCUT2D eigenvalue weighted by molar-refractivity contribution is 0.100. The Morgan fingerprint density at radius 3 is 2.47 bits per heavy atom. The first-order chi connectivity index (χ1) is 7.13. The van der Waals surface area contributed by atoms with E-state index in [0.29, 0.717) is 11.5 Å². The van der Waals surface area contributed by atoms with E-state index in [1.165, 1.54) is 0 Å². The Hall–Kier alpha value is -1.51. The van der Waals surface area contributed by atoms with Crippen LogP contribution in [0.1, 0.15) is 30.6 Å². The first kappa shape index (κ1) is 11.6. The van der Waals surface area contributed by atoms with Crippen LogP contribution >= 0.6 is 0 Å². The molecule has 15 heavy (non-hydrogen) atoms. The summed E-state index contributed by atoms with van der Waals surface area (Å²) in [6.07, 6.45) is 1.16. The lowest BCUT2D eigenvalue weighted by Crippen LogP contribution is -2.12. The summed E-state index contributed by atoms with van der Waals surface area (Å²) in [7, 11) is 0. The van der Waals surface area contributed by atoms with Crippen molar-refractivity contribution >= 4 is 11.6 Å². The molecule has 82 valence electrons. The van der Waals surface area contributed by atoms with Crippen molar-refractivity contribution < 1.29 is 4.79 Å². The van der Waals surface area contributed by atoms with Crippen LogP contribution in [0.2, 0.25) is 0 Å². The maximum Gasteiger partial charge on any atom is 0.248 e. The summed E-state index contributed by atoms with van der Waals surface area (Å²) in [5.74, 6) is 0.268. The van der Waals surface area contributed by atoms with E-state index in [1.807, 2.05) is 12.1 Å². The standard InChI is InChI=1S/C12H18N2O/c1-3-9(2)8-14-11-6-4-10(5-7-11)12(13)15/h4-7,9,14H,3,8H2,1-2H3,(H2,13,15)/t9-/m0/s1. The number of rotatable bonds is 5. The minimum Gasteiger partial charge on any atom is -0.385 e. The molecule has 0 fully saturated rings. The Balaban J connectivity index is 2.53. The fourth-order valence-corrected chi connectivity index (χ4v) is 1.19. The van der Waals surface area contributed by atoms with Crippen LogP contribution < -0.4 is 11.1 Å². The lowest BCUT2D eigenvalue weighted by Gasteiger charge is -2.11. The van der Waals surface area contributed by atoms with Crippen LogP contribution in [0.15, 0.2) is 24.3 Å². The molecular formula is C12H18N2O. The van der Waals surface area contributed by atoms with Crippen LogP contribution in [0.3, 0.4) is 0 Å². The zero-order valence-corrected chi connectivity index (χ0v) is 9.29. The molecule has 1 aromatic rings. The zero-order valence-electron chi connectivity index (χ0n) is 9.29. The smallest absolute Gasteiger partial charge is 0.248 e. The highest BCUT2D eigenvalue weighted by atomic mass is 16.1. The average molecular weight is 206 g/mol. The molecule has 0 aliphatic rings. The lowest BCUT2D eigenvalue weighted by atomic mass is 10.1. The van der Waals surface area contributed by atoms with Gasteiger partial charge in [-0.1, -0.05) is 20.3 Å². The summed E-state index contributed by atoms with van der Waals surface area (Å²) in [6.45, 7) is 5.32. The molecule has 1 amide bonds. The average Bonchev–Trinajstić information content (AvgIpc) is 2.26. The van der Waals surface area contributed by atoms with Gasteiger partial charge in [-0.2, -0.15) is 0 Å². The van der Waals surface area contributed by atoms with Gasteiger partial charge in [0, 0.05) is 17.8 Å². The fourth-order valence-electron chi connectivity index (χ4n) is 1.19. The van der Waals surface area contributed by atoms with E-state index in [4.69, 9.17) is 5.73 Å². The van der Waals surface area contributed by atoms with Gasteiger partial charge in [-0.15, -0.1) is 0 Å². The number of carbonyl (C=O) groups is 1. The molecule has 0 unspecified atom stereocenters. The third kappa shape index (κ3) is 3.62. The van der Waals surface area contributed by atoms with Crippen LogP contribution in [0.25, 0.3) is 0 Å². The highest BCUT2D eigenvalue weighted by Crippen LogP contribution is 2.10. The van der Waals surface area contributed by atoms with Crippen LogP contribution in [0, 0.1) is 5.92 Å². The predicted molar refractivity (Wildman–Crippen MR) is 62.9 cm³/mol. The van der Waals surface area contributed by atoms with E-state index >= 15 is 0 Å². The maximum absolute atomic E-state index is 10.8. The molecule has 0 spiro atoms. The minimum absolute atomic E-state index is 0.386. The summed E-state index contributed by atoms with van der Waals surface area (Å²) in [4.78, 5) is 10.8. The molecule has 0 saturated carbocycles. The second kappa shape index (κ2) is 5.39. The summed E-state index contributed by atoms with van der Waals surface area (Å²) in [6, 6.07) is 7.23. The highest BCUT2D eigenvalue weighted by Gasteiger charge is 2.01. The Bertz CT molecular complexity index is 319. The largest absolute Gasteiger partial charge is 0.385 e. The van der Waals surface area contributed by atoms with E-state index in [9.17, 15) is 4.79 Å². The van der Waals surface area contributed by atoms with Crippen molar-refractivity contribution in [3.63, 3.8) is 0 Å². The number of nitrogens with one attached hydrogen (secondary N) is 1. The van der Waals surface area contributed by atoms with Crippen molar-refractivity contribution in [2.75, 3.05) is 11.9 Å². The quantitative estimate of drug-likeness (QED) is 0.776. The normalized spacial score (nSPS) is 12.1. The first-order valence-electron chi connectivity index (χ1n) is 5.27. The molecule has 0 bridgehead atoms. The van der Waals surface area contributed by atoms with Gasteiger partial charge in [-0.05, 0) is 30.2 Å². The van der Waals surface area contributed by atoms with Crippen molar-refractivity contribution in [2.24, 2.45) is 11.7 Å². The Morgan fingerprint density at radius 2 is 2.00 bits per heavy atom. The number of hydrogen-bond donors (Lipinski definition) is 2. The Kier molecular flexibility index (Phi) is 4.16. The molecule has 1 rings (SSSR count). The van der Waals surface area contributed by atoms with E-state index in [-0.39, 0.29) is 5.91 Å². The SMILES string of the molecule is CC[C@H](C)CNc1ccc(C(N)=O)cc1. The van der Waals surface area contributed by atoms with Gasteiger partial charge in [0.1, 0.15) is 0 Å². The third-order valence-electron chi connectivity index (χ3n) is 2.52. The fraction of sp³-hybridized carbons (Fsp3) is 0.417. The van der Waals surface area contributed by atoms with E-state index in [2.05, 4.69) is 19.2 Å². The van der Waals surface area contributed by atoms with Crippen LogP contribution in [0.4, 0.5) is 5.69 Å². The number of amides is 1. The van der Waals surface area contributed by atoms with Crippen molar-refractivity contribution in [1.82, 2.24) is 0 Å². The molecule has 0 aliphatic carbocycles. The monoisotopic (exact) mass is 206 g/mol. The third-order valence-corrected chi connectivity index (χ3v) is 2.52. The molecule has 0 radical (unpaired) electrons. The molecule has 1 aromatic carbocycles. The molecule has 0 heterocycles. The van der Waals surface area contributed by atoms with Gasteiger partial charge in [0.15, 0.2) is 0 Å². The van der Waals surface area contributed by atoms with E-state index in [1.54, 1.807) is 12.1 Å². The van der Waals surface area contributed by atoms with Gasteiger partial charge in [-0.25, -0.2) is 0 Å². The molecule has 1 atom stereocenters. The topological polar surface area (TPSA) is 55.1 Å². The van der Waals surface area contributed by atoms with Crippen molar-refractivity contribution in [3.8, 4) is 0 Å². The van der Waals surface area contributed by atoms with Crippen LogP contribution in [-0.4, -0.2) is 12.5 Å². The summed E-state index contributed by atoms with van der Waals surface area (Å²) in [5.41, 5.74) is 6.72. The number of anilines is 1. The molecule has 0 aliphatic heterocycles. The van der Waals surface area contributed by atoms with E-state index < -0.39 is 0 Å².